The molecule has 0 atom stereocenters. The number of amides is 1. The summed E-state index contributed by atoms with van der Waals surface area (Å²) in [6.07, 6.45) is 0. The Morgan fingerprint density at radius 3 is 2.67 bits per heavy atom. The second-order valence-corrected chi connectivity index (χ2v) is 5.44. The van der Waals surface area contributed by atoms with Gasteiger partial charge in [0.25, 0.3) is 11.7 Å². The summed E-state index contributed by atoms with van der Waals surface area (Å²) < 4.78 is 25.0. The van der Waals surface area contributed by atoms with E-state index in [1.165, 1.54) is 0 Å². The molecule has 2 aromatic carbocycles. The molecule has 3 N–H and O–H groups in total. The predicted octanol–water partition coefficient (Wildman–Crippen LogP) is 4.14. The number of hydrogen-bond acceptors (Lipinski definition) is 3. The van der Waals surface area contributed by atoms with Gasteiger partial charge in [-0.3, -0.25) is 4.79 Å². The van der Waals surface area contributed by atoms with Crippen LogP contribution in [0, 0.1) is 6.92 Å². The Hall–Kier alpha value is -2.08. The van der Waals surface area contributed by atoms with E-state index in [1.807, 2.05) is 0 Å². The lowest BCUT2D eigenvalue weighted by molar-refractivity contribution is 0.102. The number of thioether (sulfide) groups is 1. The summed E-state index contributed by atoms with van der Waals surface area (Å²) in [6.45, 7) is 1.79. The SMILES string of the molecule is Cc1ccc(N)cc1C(=O)Nc1ccccc1SC(F)F. The average Bonchev–Trinajstić information content (AvgIpc) is 2.43. The summed E-state index contributed by atoms with van der Waals surface area (Å²) in [5, 5.41) is 2.65. The van der Waals surface area contributed by atoms with Crippen molar-refractivity contribution in [3.05, 3.63) is 53.6 Å². The Morgan fingerprint density at radius 2 is 1.95 bits per heavy atom. The predicted molar refractivity (Wildman–Crippen MR) is 81.8 cm³/mol. The number of alkyl halides is 2. The van der Waals surface area contributed by atoms with Gasteiger partial charge < -0.3 is 11.1 Å². The van der Waals surface area contributed by atoms with E-state index in [1.54, 1.807) is 49.4 Å². The van der Waals surface area contributed by atoms with Crippen molar-refractivity contribution in [1.29, 1.82) is 0 Å². The van der Waals surface area contributed by atoms with E-state index in [2.05, 4.69) is 5.32 Å². The van der Waals surface area contributed by atoms with Crippen molar-refractivity contribution in [2.24, 2.45) is 0 Å². The fraction of sp³-hybridized carbons (Fsp3) is 0.133. The number of para-hydroxylation sites is 1. The van der Waals surface area contributed by atoms with E-state index in [0.717, 1.165) is 5.56 Å². The Morgan fingerprint density at radius 1 is 1.24 bits per heavy atom. The first-order valence-electron chi connectivity index (χ1n) is 6.18. The number of carbonyl (C=O) groups is 1. The molecule has 0 bridgehead atoms. The molecule has 0 aromatic heterocycles. The van der Waals surface area contributed by atoms with Crippen molar-refractivity contribution in [2.75, 3.05) is 11.1 Å². The molecule has 0 aliphatic rings. The maximum atomic E-state index is 12.5. The molecule has 2 rings (SSSR count). The molecular weight excluding hydrogens is 294 g/mol. The van der Waals surface area contributed by atoms with E-state index in [0.29, 0.717) is 33.6 Å². The normalized spacial score (nSPS) is 10.7. The number of nitrogen functional groups attached to an aromatic ring is 1. The number of nitrogens with one attached hydrogen (secondary N) is 1. The molecule has 21 heavy (non-hydrogen) atoms. The summed E-state index contributed by atoms with van der Waals surface area (Å²) in [4.78, 5) is 12.6. The van der Waals surface area contributed by atoms with Crippen LogP contribution in [0.5, 0.6) is 0 Å². The van der Waals surface area contributed by atoms with Crippen LogP contribution in [0.1, 0.15) is 15.9 Å². The zero-order chi connectivity index (χ0) is 15.4. The standard InChI is InChI=1S/C15H14F2N2OS/c1-9-6-7-10(18)8-11(9)14(20)19-12-4-2-3-5-13(12)21-15(16)17/h2-8,15H,18H2,1H3,(H,19,20). The minimum Gasteiger partial charge on any atom is -0.399 e. The van der Waals surface area contributed by atoms with Crippen molar-refractivity contribution in [2.45, 2.75) is 17.6 Å². The number of rotatable bonds is 4. The second-order valence-electron chi connectivity index (χ2n) is 4.40. The molecule has 3 nitrogen and oxygen atoms in total. The van der Waals surface area contributed by atoms with Gasteiger partial charge in [0.1, 0.15) is 0 Å². The van der Waals surface area contributed by atoms with Crippen LogP contribution in [0.4, 0.5) is 20.2 Å². The molecule has 0 radical (unpaired) electrons. The molecule has 110 valence electrons. The van der Waals surface area contributed by atoms with Crippen LogP contribution in [0.2, 0.25) is 0 Å². The van der Waals surface area contributed by atoms with Gasteiger partial charge in [-0.25, -0.2) is 0 Å². The molecule has 0 fully saturated rings. The molecule has 1 amide bonds. The van der Waals surface area contributed by atoms with E-state index in [4.69, 9.17) is 5.73 Å². The number of aryl methyl sites for hydroxylation is 1. The van der Waals surface area contributed by atoms with E-state index in [-0.39, 0.29) is 5.91 Å². The Kier molecular flexibility index (Phi) is 4.80. The third-order valence-electron chi connectivity index (χ3n) is 2.86. The number of nitrogens with two attached hydrogens (primary N) is 1. The third-order valence-corrected chi connectivity index (χ3v) is 3.65. The summed E-state index contributed by atoms with van der Waals surface area (Å²) >= 11 is 0.397. The van der Waals surface area contributed by atoms with Crippen molar-refractivity contribution < 1.29 is 13.6 Å². The van der Waals surface area contributed by atoms with Gasteiger partial charge in [0.2, 0.25) is 0 Å². The highest BCUT2D eigenvalue weighted by molar-refractivity contribution is 7.99. The molecule has 6 heteroatoms. The molecule has 0 saturated heterocycles. The Labute approximate surface area is 125 Å². The van der Waals surface area contributed by atoms with Crippen LogP contribution >= 0.6 is 11.8 Å². The number of hydrogen-bond donors (Lipinski definition) is 2. The largest absolute Gasteiger partial charge is 0.399 e. The number of anilines is 2. The minimum absolute atomic E-state index is 0.322. The lowest BCUT2D eigenvalue weighted by Crippen LogP contribution is -2.14. The summed E-state index contributed by atoms with van der Waals surface area (Å²) in [5.41, 5.74) is 7.69. The third kappa shape index (κ3) is 3.95. The summed E-state index contributed by atoms with van der Waals surface area (Å²) in [7, 11) is 0. The van der Waals surface area contributed by atoms with Gasteiger partial charge in [-0.05, 0) is 36.8 Å². The quantitative estimate of drug-likeness (QED) is 0.659. The first-order valence-corrected chi connectivity index (χ1v) is 7.06. The topological polar surface area (TPSA) is 55.1 Å². The average molecular weight is 308 g/mol. The van der Waals surface area contributed by atoms with E-state index in [9.17, 15) is 13.6 Å². The van der Waals surface area contributed by atoms with Gasteiger partial charge in [-0.15, -0.1) is 0 Å². The van der Waals surface area contributed by atoms with Crippen LogP contribution in [-0.4, -0.2) is 11.7 Å². The van der Waals surface area contributed by atoms with Gasteiger partial charge in [0.15, 0.2) is 0 Å². The highest BCUT2D eigenvalue weighted by Gasteiger charge is 2.14. The molecule has 0 aliphatic heterocycles. The smallest absolute Gasteiger partial charge is 0.288 e. The Bertz CT molecular complexity index is 662. The van der Waals surface area contributed by atoms with Crippen LogP contribution in [0.15, 0.2) is 47.4 Å². The number of halogens is 2. The minimum atomic E-state index is -2.54. The van der Waals surface area contributed by atoms with Crippen LogP contribution in [0.3, 0.4) is 0 Å². The van der Waals surface area contributed by atoms with E-state index < -0.39 is 5.76 Å². The van der Waals surface area contributed by atoms with Gasteiger partial charge in [0, 0.05) is 16.1 Å². The van der Waals surface area contributed by atoms with Crippen LogP contribution in [0.25, 0.3) is 0 Å². The van der Waals surface area contributed by atoms with Crippen molar-refractivity contribution in [3.8, 4) is 0 Å². The van der Waals surface area contributed by atoms with E-state index >= 15 is 0 Å². The maximum Gasteiger partial charge on any atom is 0.288 e. The molecule has 0 aliphatic carbocycles. The molecule has 0 heterocycles. The van der Waals surface area contributed by atoms with Crippen LogP contribution < -0.4 is 11.1 Å². The van der Waals surface area contributed by atoms with Gasteiger partial charge in [0.05, 0.1) is 5.69 Å². The monoisotopic (exact) mass is 308 g/mol. The first-order chi connectivity index (χ1) is 9.97. The molecule has 0 spiro atoms. The number of benzene rings is 2. The maximum absolute atomic E-state index is 12.5. The van der Waals surface area contributed by atoms with Crippen molar-refractivity contribution >= 4 is 29.0 Å². The van der Waals surface area contributed by atoms with Crippen LogP contribution in [-0.2, 0) is 0 Å². The lowest BCUT2D eigenvalue weighted by Gasteiger charge is -2.12. The highest BCUT2D eigenvalue weighted by atomic mass is 32.2. The second kappa shape index (κ2) is 6.58. The molecule has 0 unspecified atom stereocenters. The fourth-order valence-corrected chi connectivity index (χ4v) is 2.44. The number of carbonyl (C=O) groups excluding carboxylic acids is 1. The molecular formula is C15H14F2N2OS. The first kappa shape index (κ1) is 15.3. The highest BCUT2D eigenvalue weighted by Crippen LogP contribution is 2.32. The van der Waals surface area contributed by atoms with Gasteiger partial charge in [-0.2, -0.15) is 8.78 Å². The van der Waals surface area contributed by atoms with Crippen molar-refractivity contribution in [3.63, 3.8) is 0 Å². The van der Waals surface area contributed by atoms with Gasteiger partial charge in [-0.1, -0.05) is 30.0 Å². The zero-order valence-electron chi connectivity index (χ0n) is 11.3. The Balaban J connectivity index is 2.25. The zero-order valence-corrected chi connectivity index (χ0v) is 12.1. The van der Waals surface area contributed by atoms with Crippen molar-refractivity contribution in [1.82, 2.24) is 0 Å². The van der Waals surface area contributed by atoms with Gasteiger partial charge >= 0.3 is 0 Å². The summed E-state index contributed by atoms with van der Waals surface area (Å²) in [6, 6.07) is 11.5. The fourth-order valence-electron chi connectivity index (χ4n) is 1.84. The lowest BCUT2D eigenvalue weighted by atomic mass is 10.1. The molecule has 2 aromatic rings. The molecule has 0 saturated carbocycles. The summed E-state index contributed by atoms with van der Waals surface area (Å²) in [5.74, 6) is -2.92.